The molecule has 21 heavy (non-hydrogen) atoms. The van der Waals surface area contributed by atoms with Crippen LogP contribution in [0, 0.1) is 6.92 Å². The summed E-state index contributed by atoms with van der Waals surface area (Å²) in [6.07, 6.45) is 6.36. The van der Waals surface area contributed by atoms with Crippen LogP contribution in [-0.4, -0.2) is 26.6 Å². The smallest absolute Gasteiger partial charge is 0.133 e. The van der Waals surface area contributed by atoms with Crippen LogP contribution < -0.4 is 0 Å². The van der Waals surface area contributed by atoms with Crippen molar-refractivity contribution in [1.29, 1.82) is 0 Å². The molecule has 3 rings (SSSR count). The maximum absolute atomic E-state index is 5.25. The SMILES string of the molecule is CCc1nccc(CN2CCCCC2c2cc(C)on2)n1. The van der Waals surface area contributed by atoms with Gasteiger partial charge in [-0.05, 0) is 32.4 Å². The van der Waals surface area contributed by atoms with Gasteiger partial charge in [-0.3, -0.25) is 4.90 Å². The lowest BCUT2D eigenvalue weighted by molar-refractivity contribution is 0.132. The Morgan fingerprint density at radius 3 is 3.05 bits per heavy atom. The highest BCUT2D eigenvalue weighted by atomic mass is 16.5. The summed E-state index contributed by atoms with van der Waals surface area (Å²) in [4.78, 5) is 11.4. The van der Waals surface area contributed by atoms with Crippen molar-refractivity contribution >= 4 is 0 Å². The summed E-state index contributed by atoms with van der Waals surface area (Å²) in [5, 5.41) is 4.22. The molecule has 1 aliphatic heterocycles. The first kappa shape index (κ1) is 14.2. The molecule has 0 amide bonds. The standard InChI is InChI=1S/C16H22N4O/c1-3-16-17-8-7-13(18-16)11-20-9-5-4-6-15(20)14-10-12(2)21-19-14/h7-8,10,15H,3-6,9,11H2,1-2H3. The molecule has 0 radical (unpaired) electrons. The van der Waals surface area contributed by atoms with E-state index in [4.69, 9.17) is 4.52 Å². The van der Waals surface area contributed by atoms with Gasteiger partial charge < -0.3 is 4.52 Å². The molecule has 0 bridgehead atoms. The van der Waals surface area contributed by atoms with E-state index in [0.29, 0.717) is 6.04 Å². The number of hydrogen-bond acceptors (Lipinski definition) is 5. The van der Waals surface area contributed by atoms with Gasteiger partial charge in [-0.2, -0.15) is 0 Å². The number of hydrogen-bond donors (Lipinski definition) is 0. The Morgan fingerprint density at radius 2 is 2.29 bits per heavy atom. The lowest BCUT2D eigenvalue weighted by atomic mass is 9.99. The van der Waals surface area contributed by atoms with Gasteiger partial charge in [0.2, 0.25) is 0 Å². The predicted molar refractivity (Wildman–Crippen MR) is 79.7 cm³/mol. The van der Waals surface area contributed by atoms with Crippen LogP contribution in [0.2, 0.25) is 0 Å². The first-order valence-electron chi connectivity index (χ1n) is 7.74. The molecule has 0 saturated carbocycles. The van der Waals surface area contributed by atoms with E-state index in [-0.39, 0.29) is 0 Å². The van der Waals surface area contributed by atoms with E-state index in [1.165, 1.54) is 12.8 Å². The summed E-state index contributed by atoms with van der Waals surface area (Å²) in [6.45, 7) is 5.97. The van der Waals surface area contributed by atoms with E-state index in [0.717, 1.165) is 48.9 Å². The Balaban J connectivity index is 1.77. The van der Waals surface area contributed by atoms with Gasteiger partial charge in [0.25, 0.3) is 0 Å². The zero-order chi connectivity index (χ0) is 14.7. The molecule has 2 aromatic heterocycles. The number of aryl methyl sites for hydroxylation is 2. The molecule has 3 heterocycles. The number of nitrogens with zero attached hydrogens (tertiary/aromatic N) is 4. The van der Waals surface area contributed by atoms with Crippen LogP contribution in [0.15, 0.2) is 22.9 Å². The zero-order valence-electron chi connectivity index (χ0n) is 12.7. The Labute approximate surface area is 125 Å². The summed E-state index contributed by atoms with van der Waals surface area (Å²) < 4.78 is 5.25. The minimum absolute atomic E-state index is 0.344. The third-order valence-corrected chi connectivity index (χ3v) is 4.05. The first-order chi connectivity index (χ1) is 10.3. The molecule has 1 aliphatic rings. The van der Waals surface area contributed by atoms with Gasteiger partial charge in [-0.1, -0.05) is 18.5 Å². The van der Waals surface area contributed by atoms with E-state index in [1.807, 2.05) is 19.2 Å². The third kappa shape index (κ3) is 3.29. The van der Waals surface area contributed by atoms with Gasteiger partial charge >= 0.3 is 0 Å². The molecule has 1 atom stereocenters. The predicted octanol–water partition coefficient (Wildman–Crippen LogP) is 3.06. The molecule has 5 nitrogen and oxygen atoms in total. The highest BCUT2D eigenvalue weighted by Crippen LogP contribution is 2.31. The summed E-state index contributed by atoms with van der Waals surface area (Å²) in [7, 11) is 0. The van der Waals surface area contributed by atoms with Crippen LogP contribution in [-0.2, 0) is 13.0 Å². The summed E-state index contributed by atoms with van der Waals surface area (Å²) in [6, 6.07) is 4.41. The quantitative estimate of drug-likeness (QED) is 0.864. The molecule has 0 spiro atoms. The third-order valence-electron chi connectivity index (χ3n) is 4.05. The lowest BCUT2D eigenvalue weighted by Gasteiger charge is -2.34. The maximum atomic E-state index is 5.25. The van der Waals surface area contributed by atoms with E-state index in [1.54, 1.807) is 0 Å². The number of likely N-dealkylation sites (tertiary alicyclic amines) is 1. The van der Waals surface area contributed by atoms with E-state index in [9.17, 15) is 0 Å². The molecular weight excluding hydrogens is 264 g/mol. The zero-order valence-corrected chi connectivity index (χ0v) is 12.7. The van der Waals surface area contributed by atoms with Crippen LogP contribution in [0.25, 0.3) is 0 Å². The monoisotopic (exact) mass is 286 g/mol. The molecule has 1 saturated heterocycles. The van der Waals surface area contributed by atoms with Crippen molar-refractivity contribution < 1.29 is 4.52 Å². The maximum Gasteiger partial charge on any atom is 0.133 e. The van der Waals surface area contributed by atoms with E-state index in [2.05, 4.69) is 33.0 Å². The van der Waals surface area contributed by atoms with Crippen LogP contribution >= 0.6 is 0 Å². The van der Waals surface area contributed by atoms with Gasteiger partial charge in [0.05, 0.1) is 11.7 Å². The molecule has 2 aromatic rings. The Morgan fingerprint density at radius 1 is 1.38 bits per heavy atom. The number of rotatable bonds is 4. The lowest BCUT2D eigenvalue weighted by Crippen LogP contribution is -2.33. The first-order valence-corrected chi connectivity index (χ1v) is 7.74. The van der Waals surface area contributed by atoms with Crippen molar-refractivity contribution in [2.24, 2.45) is 0 Å². The Hall–Kier alpha value is -1.75. The summed E-state index contributed by atoms with van der Waals surface area (Å²) in [5.74, 6) is 1.80. The van der Waals surface area contributed by atoms with Crippen LogP contribution in [0.3, 0.4) is 0 Å². The average molecular weight is 286 g/mol. The van der Waals surface area contributed by atoms with Gasteiger partial charge in [-0.15, -0.1) is 0 Å². The Kier molecular flexibility index (Phi) is 4.29. The van der Waals surface area contributed by atoms with E-state index >= 15 is 0 Å². The summed E-state index contributed by atoms with van der Waals surface area (Å²) in [5.41, 5.74) is 2.14. The molecular formula is C16H22N4O. The topological polar surface area (TPSA) is 55.1 Å². The number of piperidine rings is 1. The molecule has 5 heteroatoms. The fourth-order valence-electron chi connectivity index (χ4n) is 2.97. The van der Waals surface area contributed by atoms with Gasteiger partial charge in [-0.25, -0.2) is 9.97 Å². The van der Waals surface area contributed by atoms with Gasteiger partial charge in [0.1, 0.15) is 17.3 Å². The second kappa shape index (κ2) is 6.35. The second-order valence-electron chi connectivity index (χ2n) is 5.66. The molecule has 0 N–H and O–H groups in total. The summed E-state index contributed by atoms with van der Waals surface area (Å²) >= 11 is 0. The Bertz CT molecular complexity index is 595. The largest absolute Gasteiger partial charge is 0.361 e. The minimum atomic E-state index is 0.344. The normalized spacial score (nSPS) is 19.8. The number of aromatic nitrogens is 3. The van der Waals surface area contributed by atoms with Crippen molar-refractivity contribution in [3.63, 3.8) is 0 Å². The van der Waals surface area contributed by atoms with Crippen LogP contribution in [0.1, 0.15) is 55.2 Å². The molecule has 0 aliphatic carbocycles. The van der Waals surface area contributed by atoms with Crippen LogP contribution in [0.5, 0.6) is 0 Å². The van der Waals surface area contributed by atoms with Crippen molar-refractivity contribution in [1.82, 2.24) is 20.0 Å². The second-order valence-corrected chi connectivity index (χ2v) is 5.66. The van der Waals surface area contributed by atoms with Crippen LogP contribution in [0.4, 0.5) is 0 Å². The minimum Gasteiger partial charge on any atom is -0.361 e. The molecule has 0 aromatic carbocycles. The van der Waals surface area contributed by atoms with Gasteiger partial charge in [0.15, 0.2) is 0 Å². The van der Waals surface area contributed by atoms with Crippen molar-refractivity contribution in [3.8, 4) is 0 Å². The molecule has 112 valence electrons. The van der Waals surface area contributed by atoms with Crippen molar-refractivity contribution in [3.05, 3.63) is 41.3 Å². The highest BCUT2D eigenvalue weighted by Gasteiger charge is 2.26. The van der Waals surface area contributed by atoms with Gasteiger partial charge in [0, 0.05) is 25.2 Å². The average Bonchev–Trinajstić information content (AvgIpc) is 2.94. The highest BCUT2D eigenvalue weighted by molar-refractivity contribution is 5.11. The molecule has 1 unspecified atom stereocenters. The van der Waals surface area contributed by atoms with E-state index < -0.39 is 0 Å². The fourth-order valence-corrected chi connectivity index (χ4v) is 2.97. The van der Waals surface area contributed by atoms with Crippen molar-refractivity contribution in [2.75, 3.05) is 6.54 Å². The van der Waals surface area contributed by atoms with Crippen molar-refractivity contribution in [2.45, 2.75) is 52.1 Å². The fraction of sp³-hybridized carbons (Fsp3) is 0.562. The molecule has 1 fully saturated rings.